The van der Waals surface area contributed by atoms with Gasteiger partial charge < -0.3 is 10.4 Å². The summed E-state index contributed by atoms with van der Waals surface area (Å²) in [6.07, 6.45) is 0.832. The molecule has 2 rings (SSSR count). The van der Waals surface area contributed by atoms with Crippen LogP contribution in [0.25, 0.3) is 0 Å². The molecule has 20 heavy (non-hydrogen) atoms. The Morgan fingerprint density at radius 1 is 1.05 bits per heavy atom. The zero-order valence-corrected chi connectivity index (χ0v) is 13.2. The highest BCUT2D eigenvalue weighted by molar-refractivity contribution is 9.10. The standard InChI is InChI=1S/C17H20BrNO/c1-13(15-7-9-16(18)10-8-15)19-17(12-20)11-14-5-3-2-4-6-14/h2-10,13,17,19-20H,11-12H2,1H3/t13?,17-/m0/s1. The van der Waals surface area contributed by atoms with Crippen molar-refractivity contribution in [2.75, 3.05) is 6.61 Å². The summed E-state index contributed by atoms with van der Waals surface area (Å²) < 4.78 is 1.08. The molecule has 0 amide bonds. The fourth-order valence-electron chi connectivity index (χ4n) is 2.28. The Kier molecular flexibility index (Phi) is 5.77. The molecule has 0 aliphatic rings. The third-order valence-corrected chi connectivity index (χ3v) is 3.93. The van der Waals surface area contributed by atoms with Crippen LogP contribution in [0.3, 0.4) is 0 Å². The monoisotopic (exact) mass is 333 g/mol. The van der Waals surface area contributed by atoms with Crippen LogP contribution in [0, 0.1) is 0 Å². The largest absolute Gasteiger partial charge is 0.395 e. The van der Waals surface area contributed by atoms with Crippen LogP contribution in [0.2, 0.25) is 0 Å². The molecule has 2 nitrogen and oxygen atoms in total. The van der Waals surface area contributed by atoms with Crippen molar-refractivity contribution in [3.63, 3.8) is 0 Å². The van der Waals surface area contributed by atoms with Gasteiger partial charge in [0.15, 0.2) is 0 Å². The molecule has 2 aromatic carbocycles. The van der Waals surface area contributed by atoms with Gasteiger partial charge >= 0.3 is 0 Å². The summed E-state index contributed by atoms with van der Waals surface area (Å²) in [5.74, 6) is 0. The topological polar surface area (TPSA) is 32.3 Å². The molecule has 0 aromatic heterocycles. The summed E-state index contributed by atoms with van der Waals surface area (Å²) in [5.41, 5.74) is 2.46. The van der Waals surface area contributed by atoms with E-state index in [1.165, 1.54) is 11.1 Å². The Balaban J connectivity index is 1.97. The maximum Gasteiger partial charge on any atom is 0.0588 e. The molecule has 0 spiro atoms. The quantitative estimate of drug-likeness (QED) is 0.844. The Labute approximate surface area is 129 Å². The summed E-state index contributed by atoms with van der Waals surface area (Å²) in [4.78, 5) is 0. The highest BCUT2D eigenvalue weighted by atomic mass is 79.9. The second-order valence-electron chi connectivity index (χ2n) is 5.01. The number of hydrogen-bond acceptors (Lipinski definition) is 2. The van der Waals surface area contributed by atoms with Crippen molar-refractivity contribution in [3.8, 4) is 0 Å². The predicted molar refractivity (Wildman–Crippen MR) is 86.7 cm³/mol. The van der Waals surface area contributed by atoms with Gasteiger partial charge in [0.2, 0.25) is 0 Å². The Morgan fingerprint density at radius 3 is 2.30 bits per heavy atom. The van der Waals surface area contributed by atoms with Crippen LogP contribution in [0.1, 0.15) is 24.1 Å². The van der Waals surface area contributed by atoms with Crippen molar-refractivity contribution in [3.05, 3.63) is 70.2 Å². The first-order chi connectivity index (χ1) is 9.69. The van der Waals surface area contributed by atoms with Crippen LogP contribution in [0.15, 0.2) is 59.1 Å². The average molecular weight is 334 g/mol. The molecule has 0 saturated carbocycles. The summed E-state index contributed by atoms with van der Waals surface area (Å²) in [5, 5.41) is 13.0. The van der Waals surface area contributed by atoms with E-state index in [-0.39, 0.29) is 18.7 Å². The summed E-state index contributed by atoms with van der Waals surface area (Å²) in [7, 11) is 0. The smallest absolute Gasteiger partial charge is 0.0588 e. The third-order valence-electron chi connectivity index (χ3n) is 3.40. The minimum atomic E-state index is 0.0658. The lowest BCUT2D eigenvalue weighted by Gasteiger charge is -2.22. The molecule has 106 valence electrons. The lowest BCUT2D eigenvalue weighted by atomic mass is 10.0. The molecular formula is C17H20BrNO. The van der Waals surface area contributed by atoms with Gasteiger partial charge in [-0.3, -0.25) is 0 Å². The van der Waals surface area contributed by atoms with E-state index in [4.69, 9.17) is 0 Å². The van der Waals surface area contributed by atoms with Crippen molar-refractivity contribution in [2.45, 2.75) is 25.4 Å². The summed E-state index contributed by atoms with van der Waals surface area (Å²) >= 11 is 3.44. The van der Waals surface area contributed by atoms with Gasteiger partial charge in [0, 0.05) is 16.6 Å². The van der Waals surface area contributed by atoms with Crippen LogP contribution in [-0.2, 0) is 6.42 Å². The van der Waals surface area contributed by atoms with Crippen molar-refractivity contribution in [1.82, 2.24) is 5.32 Å². The normalized spacial score (nSPS) is 13.9. The SMILES string of the molecule is CC(N[C@H](CO)Cc1ccccc1)c1ccc(Br)cc1. The molecule has 0 aliphatic carbocycles. The van der Waals surface area contributed by atoms with E-state index in [0.29, 0.717) is 0 Å². The molecule has 0 fully saturated rings. The van der Waals surface area contributed by atoms with Gasteiger partial charge in [0.1, 0.15) is 0 Å². The van der Waals surface area contributed by atoms with E-state index < -0.39 is 0 Å². The maximum absolute atomic E-state index is 9.56. The van der Waals surface area contributed by atoms with Gasteiger partial charge in [-0.05, 0) is 36.6 Å². The molecule has 0 heterocycles. The number of aliphatic hydroxyl groups is 1. The summed E-state index contributed by atoms with van der Waals surface area (Å²) in [6, 6.07) is 18.8. The fraction of sp³-hybridized carbons (Fsp3) is 0.294. The Hall–Kier alpha value is -1.16. The van der Waals surface area contributed by atoms with Crippen LogP contribution < -0.4 is 5.32 Å². The number of aliphatic hydroxyl groups excluding tert-OH is 1. The molecule has 2 atom stereocenters. The molecule has 0 bridgehead atoms. The maximum atomic E-state index is 9.56. The zero-order chi connectivity index (χ0) is 14.4. The second-order valence-corrected chi connectivity index (χ2v) is 5.92. The first-order valence-electron chi connectivity index (χ1n) is 6.85. The van der Waals surface area contributed by atoms with Crippen LogP contribution in [0.4, 0.5) is 0 Å². The van der Waals surface area contributed by atoms with E-state index in [0.717, 1.165) is 10.9 Å². The molecule has 2 aromatic rings. The molecule has 3 heteroatoms. The molecule has 0 aliphatic heterocycles. The highest BCUT2D eigenvalue weighted by Gasteiger charge is 2.13. The Bertz CT molecular complexity index is 512. The first kappa shape index (κ1) is 15.2. The minimum absolute atomic E-state index is 0.0658. The molecule has 0 radical (unpaired) electrons. The van der Waals surface area contributed by atoms with Gasteiger partial charge in [-0.25, -0.2) is 0 Å². The predicted octanol–water partition coefficient (Wildman–Crippen LogP) is 3.70. The number of hydrogen-bond donors (Lipinski definition) is 2. The van der Waals surface area contributed by atoms with Crippen molar-refractivity contribution >= 4 is 15.9 Å². The third kappa shape index (κ3) is 4.44. The van der Waals surface area contributed by atoms with E-state index in [1.54, 1.807) is 0 Å². The molecule has 0 saturated heterocycles. The number of benzene rings is 2. The minimum Gasteiger partial charge on any atom is -0.395 e. The lowest BCUT2D eigenvalue weighted by molar-refractivity contribution is 0.232. The zero-order valence-electron chi connectivity index (χ0n) is 11.6. The average Bonchev–Trinajstić information content (AvgIpc) is 2.48. The van der Waals surface area contributed by atoms with Crippen LogP contribution in [-0.4, -0.2) is 17.8 Å². The van der Waals surface area contributed by atoms with Gasteiger partial charge in [0.05, 0.1) is 6.61 Å². The summed E-state index contributed by atoms with van der Waals surface area (Å²) in [6.45, 7) is 2.26. The van der Waals surface area contributed by atoms with Crippen molar-refractivity contribution < 1.29 is 5.11 Å². The lowest BCUT2D eigenvalue weighted by Crippen LogP contribution is -2.36. The second kappa shape index (κ2) is 7.58. The fourth-order valence-corrected chi connectivity index (χ4v) is 2.54. The van der Waals surface area contributed by atoms with Crippen molar-refractivity contribution in [2.24, 2.45) is 0 Å². The van der Waals surface area contributed by atoms with Gasteiger partial charge in [-0.2, -0.15) is 0 Å². The number of nitrogens with one attached hydrogen (secondary N) is 1. The van der Waals surface area contributed by atoms with Crippen LogP contribution in [0.5, 0.6) is 0 Å². The van der Waals surface area contributed by atoms with Crippen LogP contribution >= 0.6 is 15.9 Å². The first-order valence-corrected chi connectivity index (χ1v) is 7.64. The van der Waals surface area contributed by atoms with E-state index in [1.807, 2.05) is 30.3 Å². The Morgan fingerprint density at radius 2 is 1.70 bits per heavy atom. The molecule has 2 N–H and O–H groups in total. The van der Waals surface area contributed by atoms with Gasteiger partial charge in [0.25, 0.3) is 0 Å². The van der Waals surface area contributed by atoms with E-state index in [2.05, 4.69) is 52.4 Å². The molecular weight excluding hydrogens is 314 g/mol. The van der Waals surface area contributed by atoms with Gasteiger partial charge in [-0.1, -0.05) is 58.4 Å². The highest BCUT2D eigenvalue weighted by Crippen LogP contribution is 2.17. The van der Waals surface area contributed by atoms with E-state index in [9.17, 15) is 5.11 Å². The number of halogens is 1. The van der Waals surface area contributed by atoms with Crippen molar-refractivity contribution in [1.29, 1.82) is 0 Å². The van der Waals surface area contributed by atoms with Gasteiger partial charge in [-0.15, -0.1) is 0 Å². The molecule has 1 unspecified atom stereocenters. The van der Waals surface area contributed by atoms with E-state index >= 15 is 0 Å². The number of rotatable bonds is 6.